The molecule has 0 spiro atoms. The zero-order valence-corrected chi connectivity index (χ0v) is 22.4. The van der Waals surface area contributed by atoms with Crippen molar-refractivity contribution in [1.82, 2.24) is 4.31 Å². The second-order valence-electron chi connectivity index (χ2n) is 9.06. The Labute approximate surface area is 214 Å². The van der Waals surface area contributed by atoms with E-state index in [1.807, 2.05) is 25.1 Å². The maximum absolute atomic E-state index is 14.3. The van der Waals surface area contributed by atoms with E-state index in [1.165, 1.54) is 16.4 Å². The highest BCUT2D eigenvalue weighted by Crippen LogP contribution is 2.36. The van der Waals surface area contributed by atoms with Gasteiger partial charge in [0.25, 0.3) is 0 Å². The van der Waals surface area contributed by atoms with Crippen molar-refractivity contribution in [3.05, 3.63) is 82.9 Å². The molecule has 3 aromatic carbocycles. The molecule has 0 aliphatic carbocycles. The van der Waals surface area contributed by atoms with Crippen molar-refractivity contribution in [2.24, 2.45) is 0 Å². The minimum absolute atomic E-state index is 0.0627. The molecule has 3 unspecified atom stereocenters. The predicted octanol–water partition coefficient (Wildman–Crippen LogP) is 4.91. The molecular formula is C28H35NO6S. The fraction of sp³-hybridized carbons (Fsp3) is 0.357. The molecule has 2 N–H and O–H groups in total. The van der Waals surface area contributed by atoms with Gasteiger partial charge in [0.1, 0.15) is 23.9 Å². The van der Waals surface area contributed by atoms with E-state index in [0.717, 1.165) is 5.56 Å². The van der Waals surface area contributed by atoms with Crippen LogP contribution in [0.15, 0.2) is 65.6 Å². The van der Waals surface area contributed by atoms with Gasteiger partial charge in [-0.05, 0) is 87.2 Å². The number of aromatic hydroxyl groups is 1. The Morgan fingerprint density at radius 3 is 2.14 bits per heavy atom. The first-order valence-electron chi connectivity index (χ1n) is 11.8. The standard InChI is InChI=1S/C28H35NO6S/c1-18-16-26(34-6)20(3)21(4)28(18)36(32,33)29(19(2)17-35-25-10-8-7-9-11-25)22(5)27(31)23-12-14-24(30)15-13-23/h7-16,19,22,27,30-31H,17H2,1-6H3. The second kappa shape index (κ2) is 11.3. The Hall–Kier alpha value is -3.07. The van der Waals surface area contributed by atoms with E-state index in [9.17, 15) is 18.6 Å². The summed E-state index contributed by atoms with van der Waals surface area (Å²) in [7, 11) is -2.53. The fourth-order valence-electron chi connectivity index (χ4n) is 4.49. The summed E-state index contributed by atoms with van der Waals surface area (Å²) >= 11 is 0. The summed E-state index contributed by atoms with van der Waals surface area (Å²) in [5.74, 6) is 1.31. The van der Waals surface area contributed by atoms with Gasteiger partial charge in [0, 0.05) is 0 Å². The van der Waals surface area contributed by atoms with Crippen molar-refractivity contribution in [1.29, 1.82) is 0 Å². The maximum Gasteiger partial charge on any atom is 0.244 e. The summed E-state index contributed by atoms with van der Waals surface area (Å²) in [6, 6.07) is 15.6. The van der Waals surface area contributed by atoms with E-state index < -0.39 is 28.2 Å². The highest BCUT2D eigenvalue weighted by atomic mass is 32.2. The van der Waals surface area contributed by atoms with Gasteiger partial charge in [-0.2, -0.15) is 4.31 Å². The van der Waals surface area contributed by atoms with Gasteiger partial charge in [-0.3, -0.25) is 0 Å². The Bertz CT molecular complexity index is 1280. The Kier molecular flexibility index (Phi) is 8.66. The molecule has 194 valence electrons. The number of aryl methyl sites for hydroxylation is 1. The summed E-state index contributed by atoms with van der Waals surface area (Å²) in [5, 5.41) is 20.9. The van der Waals surface area contributed by atoms with E-state index in [2.05, 4.69) is 0 Å². The Morgan fingerprint density at radius 2 is 1.56 bits per heavy atom. The average molecular weight is 514 g/mol. The van der Waals surface area contributed by atoms with Gasteiger partial charge in [-0.25, -0.2) is 8.42 Å². The van der Waals surface area contributed by atoms with Gasteiger partial charge in [-0.1, -0.05) is 30.3 Å². The van der Waals surface area contributed by atoms with Crippen LogP contribution in [0.2, 0.25) is 0 Å². The number of phenols is 1. The molecule has 0 aromatic heterocycles. The van der Waals surface area contributed by atoms with E-state index in [0.29, 0.717) is 28.2 Å². The first-order chi connectivity index (χ1) is 17.0. The largest absolute Gasteiger partial charge is 0.508 e. The lowest BCUT2D eigenvalue weighted by atomic mass is 10.0. The predicted molar refractivity (Wildman–Crippen MR) is 140 cm³/mol. The maximum atomic E-state index is 14.3. The molecule has 0 saturated carbocycles. The minimum Gasteiger partial charge on any atom is -0.508 e. The number of nitrogens with zero attached hydrogens (tertiary/aromatic N) is 1. The number of hydrogen-bond acceptors (Lipinski definition) is 6. The minimum atomic E-state index is -4.09. The molecule has 3 atom stereocenters. The lowest BCUT2D eigenvalue weighted by Gasteiger charge is -2.37. The van der Waals surface area contributed by atoms with Gasteiger partial charge < -0.3 is 19.7 Å². The van der Waals surface area contributed by atoms with Crippen LogP contribution in [0.3, 0.4) is 0 Å². The molecule has 0 fully saturated rings. The van der Waals surface area contributed by atoms with Crippen LogP contribution in [0.25, 0.3) is 0 Å². The van der Waals surface area contributed by atoms with Crippen LogP contribution < -0.4 is 9.47 Å². The van der Waals surface area contributed by atoms with Crippen LogP contribution in [0, 0.1) is 20.8 Å². The van der Waals surface area contributed by atoms with Gasteiger partial charge in [0.2, 0.25) is 10.0 Å². The lowest BCUT2D eigenvalue weighted by molar-refractivity contribution is 0.0731. The zero-order chi connectivity index (χ0) is 26.6. The third-order valence-corrected chi connectivity index (χ3v) is 8.89. The monoisotopic (exact) mass is 513 g/mol. The molecule has 0 amide bonds. The van der Waals surface area contributed by atoms with E-state index >= 15 is 0 Å². The quantitative estimate of drug-likeness (QED) is 0.400. The van der Waals surface area contributed by atoms with Gasteiger partial charge in [0.15, 0.2) is 0 Å². The topological polar surface area (TPSA) is 96.3 Å². The van der Waals surface area contributed by atoms with Gasteiger partial charge in [-0.15, -0.1) is 0 Å². The molecular weight excluding hydrogens is 478 g/mol. The number of aliphatic hydroxyl groups excluding tert-OH is 1. The molecule has 0 heterocycles. The number of aliphatic hydroxyl groups is 1. The van der Waals surface area contributed by atoms with Crippen molar-refractivity contribution in [2.75, 3.05) is 13.7 Å². The summed E-state index contributed by atoms with van der Waals surface area (Å²) in [6.07, 6.45) is -1.14. The molecule has 0 bridgehead atoms. The molecule has 0 aliphatic rings. The number of para-hydroxylation sites is 1. The number of methoxy groups -OCH3 is 1. The summed E-state index contributed by atoms with van der Waals surface area (Å²) in [4.78, 5) is 0.192. The van der Waals surface area contributed by atoms with E-state index in [1.54, 1.807) is 65.1 Å². The van der Waals surface area contributed by atoms with Crippen molar-refractivity contribution >= 4 is 10.0 Å². The molecule has 3 rings (SSSR count). The van der Waals surface area contributed by atoms with Crippen molar-refractivity contribution in [3.8, 4) is 17.2 Å². The van der Waals surface area contributed by atoms with Crippen LogP contribution >= 0.6 is 0 Å². The molecule has 7 nitrogen and oxygen atoms in total. The van der Waals surface area contributed by atoms with E-state index in [-0.39, 0.29) is 17.3 Å². The zero-order valence-electron chi connectivity index (χ0n) is 21.6. The Balaban J connectivity index is 2.07. The summed E-state index contributed by atoms with van der Waals surface area (Å²) in [5.41, 5.74) is 2.39. The number of ether oxygens (including phenoxy) is 2. The molecule has 0 aliphatic heterocycles. The number of benzene rings is 3. The normalized spacial score (nSPS) is 14.3. The van der Waals surface area contributed by atoms with Gasteiger partial charge >= 0.3 is 0 Å². The highest BCUT2D eigenvalue weighted by Gasteiger charge is 2.39. The second-order valence-corrected chi connectivity index (χ2v) is 10.8. The molecule has 0 radical (unpaired) electrons. The highest BCUT2D eigenvalue weighted by molar-refractivity contribution is 7.89. The van der Waals surface area contributed by atoms with Crippen molar-refractivity contribution in [3.63, 3.8) is 0 Å². The number of phenolic OH excluding ortho intramolecular Hbond substituents is 1. The van der Waals surface area contributed by atoms with E-state index in [4.69, 9.17) is 9.47 Å². The first kappa shape index (κ1) is 27.5. The van der Waals surface area contributed by atoms with Crippen LogP contribution in [0.4, 0.5) is 0 Å². The van der Waals surface area contributed by atoms with Crippen LogP contribution in [-0.2, 0) is 10.0 Å². The van der Waals surface area contributed by atoms with Crippen LogP contribution in [-0.4, -0.2) is 48.7 Å². The first-order valence-corrected chi connectivity index (χ1v) is 13.3. The fourth-order valence-corrected chi connectivity index (χ4v) is 6.79. The van der Waals surface area contributed by atoms with Crippen LogP contribution in [0.5, 0.6) is 17.2 Å². The SMILES string of the molecule is COc1cc(C)c(S(=O)(=O)N(C(C)COc2ccccc2)C(C)C(O)c2ccc(O)cc2)c(C)c1C. The number of hydrogen-bond donors (Lipinski definition) is 2. The third kappa shape index (κ3) is 5.67. The summed E-state index contributed by atoms with van der Waals surface area (Å²) in [6.45, 7) is 8.86. The average Bonchev–Trinajstić information content (AvgIpc) is 2.85. The van der Waals surface area contributed by atoms with Crippen molar-refractivity contribution in [2.45, 2.75) is 57.7 Å². The van der Waals surface area contributed by atoms with Crippen LogP contribution in [0.1, 0.15) is 42.2 Å². The third-order valence-electron chi connectivity index (χ3n) is 6.50. The summed E-state index contributed by atoms with van der Waals surface area (Å²) < 4.78 is 41.3. The molecule has 36 heavy (non-hydrogen) atoms. The van der Waals surface area contributed by atoms with Gasteiger partial charge in [0.05, 0.1) is 30.2 Å². The number of rotatable bonds is 10. The van der Waals surface area contributed by atoms with Crippen molar-refractivity contribution < 1.29 is 28.1 Å². The lowest BCUT2D eigenvalue weighted by Crippen LogP contribution is -2.49. The smallest absolute Gasteiger partial charge is 0.244 e. The molecule has 0 saturated heterocycles. The molecule has 8 heteroatoms. The number of sulfonamides is 1. The molecule has 3 aromatic rings. The Morgan fingerprint density at radius 1 is 0.944 bits per heavy atom.